The van der Waals surface area contributed by atoms with Crippen LogP contribution in [-0.2, 0) is 0 Å². The van der Waals surface area contributed by atoms with E-state index in [-0.39, 0.29) is 11.9 Å². The van der Waals surface area contributed by atoms with Crippen LogP contribution in [0.2, 0.25) is 0 Å². The van der Waals surface area contributed by atoms with Crippen molar-refractivity contribution in [1.82, 2.24) is 5.32 Å². The Balaban J connectivity index is 1.76. The van der Waals surface area contributed by atoms with Gasteiger partial charge < -0.3 is 15.2 Å². The third-order valence-electron chi connectivity index (χ3n) is 5.39. The third-order valence-corrected chi connectivity index (χ3v) is 5.39. The highest BCUT2D eigenvalue weighted by atomic mass is 16.5. The Morgan fingerprint density at radius 3 is 2.14 bits per heavy atom. The molecule has 1 aliphatic rings. The first kappa shape index (κ1) is 19.3. The summed E-state index contributed by atoms with van der Waals surface area (Å²) in [6, 6.07) is 26.4. The largest absolute Gasteiger partial charge is 0.508 e. The zero-order valence-electron chi connectivity index (χ0n) is 16.8. The second-order valence-corrected chi connectivity index (χ2v) is 7.38. The summed E-state index contributed by atoms with van der Waals surface area (Å²) in [5.74, 6) is 1.19. The van der Waals surface area contributed by atoms with E-state index >= 15 is 0 Å². The SMILES string of the molecule is CC/C(=C(\c1ccc(O)cc1)c1ccc(O[C@@H]2CCNC2)cc1)c1ccccc1. The maximum Gasteiger partial charge on any atom is 0.119 e. The lowest BCUT2D eigenvalue weighted by Crippen LogP contribution is -2.19. The van der Waals surface area contributed by atoms with Crippen molar-refractivity contribution in [3.63, 3.8) is 0 Å². The monoisotopic (exact) mass is 385 g/mol. The van der Waals surface area contributed by atoms with E-state index in [1.807, 2.05) is 18.2 Å². The van der Waals surface area contributed by atoms with Crippen molar-refractivity contribution in [3.05, 3.63) is 95.6 Å². The Labute approximate surface area is 172 Å². The normalized spacial score (nSPS) is 17.1. The van der Waals surface area contributed by atoms with Gasteiger partial charge in [0.2, 0.25) is 0 Å². The lowest BCUT2D eigenvalue weighted by Gasteiger charge is -2.17. The molecule has 0 aliphatic carbocycles. The maximum atomic E-state index is 9.76. The molecule has 0 radical (unpaired) electrons. The van der Waals surface area contributed by atoms with Gasteiger partial charge in [0, 0.05) is 6.54 Å². The molecule has 3 heteroatoms. The zero-order valence-corrected chi connectivity index (χ0v) is 16.8. The number of allylic oxidation sites excluding steroid dienone is 1. The fraction of sp³-hybridized carbons (Fsp3) is 0.231. The Hall–Kier alpha value is -3.04. The van der Waals surface area contributed by atoms with Crippen molar-refractivity contribution in [3.8, 4) is 11.5 Å². The lowest BCUT2D eigenvalue weighted by molar-refractivity contribution is 0.223. The van der Waals surface area contributed by atoms with Crippen LogP contribution in [0.5, 0.6) is 11.5 Å². The van der Waals surface area contributed by atoms with E-state index in [9.17, 15) is 5.11 Å². The average molecular weight is 386 g/mol. The van der Waals surface area contributed by atoms with Gasteiger partial charge in [0.05, 0.1) is 0 Å². The molecule has 1 saturated heterocycles. The minimum Gasteiger partial charge on any atom is -0.508 e. The number of aromatic hydroxyl groups is 1. The van der Waals surface area contributed by atoms with Crippen molar-refractivity contribution < 1.29 is 9.84 Å². The molecule has 0 unspecified atom stereocenters. The fourth-order valence-corrected chi connectivity index (χ4v) is 3.93. The van der Waals surface area contributed by atoms with Crippen LogP contribution in [0, 0.1) is 0 Å². The van der Waals surface area contributed by atoms with Crippen molar-refractivity contribution in [1.29, 1.82) is 0 Å². The molecule has 0 amide bonds. The van der Waals surface area contributed by atoms with Gasteiger partial charge in [-0.25, -0.2) is 0 Å². The highest BCUT2D eigenvalue weighted by Crippen LogP contribution is 2.35. The van der Waals surface area contributed by atoms with Crippen molar-refractivity contribution in [2.75, 3.05) is 13.1 Å². The van der Waals surface area contributed by atoms with Gasteiger partial charge >= 0.3 is 0 Å². The Kier molecular flexibility index (Phi) is 5.97. The molecule has 2 N–H and O–H groups in total. The summed E-state index contributed by atoms with van der Waals surface area (Å²) in [6.07, 6.45) is 2.21. The number of ether oxygens (including phenoxy) is 1. The molecule has 4 rings (SSSR count). The summed E-state index contributed by atoms with van der Waals surface area (Å²) in [6.45, 7) is 4.12. The van der Waals surface area contributed by atoms with Crippen molar-refractivity contribution in [2.24, 2.45) is 0 Å². The standard InChI is InChI=1S/C26H27NO2/c1-2-25(19-6-4-3-5-7-19)26(20-8-12-22(28)13-9-20)21-10-14-23(15-11-21)29-24-16-17-27-18-24/h3-15,24,27-28H,2,16-18H2,1H3/b26-25-/t24-/m1/s1. The van der Waals surface area contributed by atoms with E-state index in [1.54, 1.807) is 12.1 Å². The van der Waals surface area contributed by atoms with Crippen LogP contribution in [-0.4, -0.2) is 24.3 Å². The average Bonchev–Trinajstić information content (AvgIpc) is 3.27. The van der Waals surface area contributed by atoms with E-state index < -0.39 is 0 Å². The number of benzene rings is 3. The van der Waals surface area contributed by atoms with Gasteiger partial charge in [0.1, 0.15) is 17.6 Å². The minimum atomic E-state index is 0.253. The van der Waals surface area contributed by atoms with Crippen LogP contribution in [0.15, 0.2) is 78.9 Å². The molecule has 3 aromatic rings. The van der Waals surface area contributed by atoms with Crippen LogP contribution in [0.25, 0.3) is 11.1 Å². The predicted molar refractivity (Wildman–Crippen MR) is 119 cm³/mol. The summed E-state index contributed by atoms with van der Waals surface area (Å²) < 4.78 is 6.09. The lowest BCUT2D eigenvalue weighted by atomic mass is 9.88. The number of phenols is 1. The summed E-state index contributed by atoms with van der Waals surface area (Å²) in [5, 5.41) is 13.1. The van der Waals surface area contributed by atoms with E-state index in [4.69, 9.17) is 4.74 Å². The first-order valence-corrected chi connectivity index (χ1v) is 10.3. The van der Waals surface area contributed by atoms with Gasteiger partial charge in [0.15, 0.2) is 0 Å². The molecule has 1 fully saturated rings. The zero-order chi connectivity index (χ0) is 20.1. The number of hydrogen-bond donors (Lipinski definition) is 2. The molecule has 1 aliphatic heterocycles. The first-order chi connectivity index (χ1) is 14.2. The van der Waals surface area contributed by atoms with E-state index in [0.29, 0.717) is 0 Å². The Morgan fingerprint density at radius 1 is 0.897 bits per heavy atom. The van der Waals surface area contributed by atoms with E-state index in [0.717, 1.165) is 42.8 Å². The smallest absolute Gasteiger partial charge is 0.119 e. The molecule has 0 aromatic heterocycles. The molecule has 0 bridgehead atoms. The highest BCUT2D eigenvalue weighted by Gasteiger charge is 2.17. The molecule has 29 heavy (non-hydrogen) atoms. The summed E-state index contributed by atoms with van der Waals surface area (Å²) >= 11 is 0. The van der Waals surface area contributed by atoms with Crippen LogP contribution in [0.4, 0.5) is 0 Å². The number of nitrogens with one attached hydrogen (secondary N) is 1. The highest BCUT2D eigenvalue weighted by molar-refractivity contribution is 5.98. The third kappa shape index (κ3) is 4.52. The number of phenolic OH excluding ortho intramolecular Hbond substituents is 1. The summed E-state index contributed by atoms with van der Waals surface area (Å²) in [7, 11) is 0. The minimum absolute atomic E-state index is 0.253. The van der Waals surface area contributed by atoms with Crippen LogP contribution in [0.1, 0.15) is 36.5 Å². The Morgan fingerprint density at radius 2 is 1.55 bits per heavy atom. The molecular formula is C26H27NO2. The van der Waals surface area contributed by atoms with Crippen LogP contribution >= 0.6 is 0 Å². The molecule has 3 nitrogen and oxygen atoms in total. The summed E-state index contributed by atoms with van der Waals surface area (Å²) in [4.78, 5) is 0. The van der Waals surface area contributed by atoms with Crippen molar-refractivity contribution >= 4 is 11.1 Å². The van der Waals surface area contributed by atoms with Gasteiger partial charge in [-0.2, -0.15) is 0 Å². The van der Waals surface area contributed by atoms with Gasteiger partial charge in [-0.3, -0.25) is 0 Å². The predicted octanol–water partition coefficient (Wildman–Crippen LogP) is 5.50. The molecule has 0 spiro atoms. The summed E-state index contributed by atoms with van der Waals surface area (Å²) in [5.41, 5.74) is 5.93. The molecule has 1 atom stereocenters. The molecule has 3 aromatic carbocycles. The molecule has 148 valence electrons. The molecule has 1 heterocycles. The van der Waals surface area contributed by atoms with Crippen LogP contribution < -0.4 is 10.1 Å². The van der Waals surface area contributed by atoms with Gasteiger partial charge in [-0.1, -0.05) is 61.5 Å². The maximum absolute atomic E-state index is 9.76. The first-order valence-electron chi connectivity index (χ1n) is 10.3. The van der Waals surface area contributed by atoms with Gasteiger partial charge in [-0.15, -0.1) is 0 Å². The number of rotatable bonds is 6. The molecule has 0 saturated carbocycles. The van der Waals surface area contributed by atoms with E-state index in [1.165, 1.54) is 16.7 Å². The van der Waals surface area contributed by atoms with E-state index in [2.05, 4.69) is 60.8 Å². The fourth-order valence-electron chi connectivity index (χ4n) is 3.93. The van der Waals surface area contributed by atoms with Crippen molar-refractivity contribution in [2.45, 2.75) is 25.9 Å². The Bertz CT molecular complexity index is 954. The second kappa shape index (κ2) is 8.97. The van der Waals surface area contributed by atoms with Crippen LogP contribution in [0.3, 0.4) is 0 Å². The van der Waals surface area contributed by atoms with Gasteiger partial charge in [0.25, 0.3) is 0 Å². The number of hydrogen-bond acceptors (Lipinski definition) is 3. The second-order valence-electron chi connectivity index (χ2n) is 7.38. The molecular weight excluding hydrogens is 358 g/mol. The quantitative estimate of drug-likeness (QED) is 0.550. The van der Waals surface area contributed by atoms with Gasteiger partial charge in [-0.05, 0) is 71.5 Å². The topological polar surface area (TPSA) is 41.5 Å².